The molecule has 2 rings (SSSR count). The van der Waals surface area contributed by atoms with E-state index in [0.29, 0.717) is 13.2 Å². The van der Waals surface area contributed by atoms with Crippen molar-refractivity contribution >= 4 is 5.91 Å². The molecule has 1 amide bonds. The average Bonchev–Trinajstić information content (AvgIpc) is 2.67. The zero-order valence-corrected chi connectivity index (χ0v) is 14.8. The number of hydrogen-bond donors (Lipinski definition) is 2. The third-order valence-corrected chi connectivity index (χ3v) is 4.07. The molecule has 0 saturated heterocycles. The van der Waals surface area contributed by atoms with Crippen LogP contribution in [0.25, 0.3) is 0 Å². The van der Waals surface area contributed by atoms with Crippen LogP contribution in [-0.2, 0) is 4.79 Å². The van der Waals surface area contributed by atoms with E-state index < -0.39 is 0 Å². The van der Waals surface area contributed by atoms with Gasteiger partial charge in [-0.05, 0) is 24.1 Å². The van der Waals surface area contributed by atoms with E-state index >= 15 is 0 Å². The molecule has 0 saturated carbocycles. The first-order valence-electron chi connectivity index (χ1n) is 8.47. The lowest BCUT2D eigenvalue weighted by Gasteiger charge is -2.19. The van der Waals surface area contributed by atoms with Gasteiger partial charge in [0, 0.05) is 18.7 Å². The lowest BCUT2D eigenvalue weighted by Crippen LogP contribution is -2.36. The van der Waals surface area contributed by atoms with Gasteiger partial charge in [0.05, 0.1) is 19.6 Å². The normalized spacial score (nSPS) is 12.9. The topological polar surface area (TPSA) is 73.6 Å². The molecular weight excluding hydrogens is 316 g/mol. The summed E-state index contributed by atoms with van der Waals surface area (Å²) in [6.07, 6.45) is 0.718. The highest BCUT2D eigenvalue weighted by Gasteiger charge is 2.21. The van der Waals surface area contributed by atoms with Crippen LogP contribution >= 0.6 is 0 Å². The molecule has 0 aromatic heterocycles. The molecule has 0 heterocycles. The standard InChI is InChI=1S/C20H26N2O3/c1-15(19(21)16-8-4-3-5-9-16)20(23)22-12-7-13-25-18-11-6-10-17(14-18)24-2/h3-6,8-11,14-15,19H,7,12-13,21H2,1-2H3,(H,22,23). The highest BCUT2D eigenvalue weighted by atomic mass is 16.5. The van der Waals surface area contributed by atoms with Gasteiger partial charge < -0.3 is 20.5 Å². The molecule has 134 valence electrons. The van der Waals surface area contributed by atoms with Crippen molar-refractivity contribution in [2.45, 2.75) is 19.4 Å². The molecule has 3 N–H and O–H groups in total. The summed E-state index contributed by atoms with van der Waals surface area (Å²) in [5, 5.41) is 2.92. The Bertz CT molecular complexity index is 661. The van der Waals surface area contributed by atoms with Gasteiger partial charge in [-0.3, -0.25) is 4.79 Å². The lowest BCUT2D eigenvalue weighted by molar-refractivity contribution is -0.125. The summed E-state index contributed by atoms with van der Waals surface area (Å²) in [5.41, 5.74) is 7.14. The number of amides is 1. The van der Waals surface area contributed by atoms with Crippen molar-refractivity contribution in [1.29, 1.82) is 0 Å². The van der Waals surface area contributed by atoms with Crippen LogP contribution in [0.5, 0.6) is 11.5 Å². The Morgan fingerprint density at radius 2 is 1.84 bits per heavy atom. The molecule has 2 unspecified atom stereocenters. The lowest BCUT2D eigenvalue weighted by atomic mass is 9.95. The highest BCUT2D eigenvalue weighted by Crippen LogP contribution is 2.20. The van der Waals surface area contributed by atoms with Gasteiger partial charge in [-0.2, -0.15) is 0 Å². The van der Waals surface area contributed by atoms with Crippen LogP contribution in [-0.4, -0.2) is 26.2 Å². The van der Waals surface area contributed by atoms with E-state index in [1.54, 1.807) is 7.11 Å². The van der Waals surface area contributed by atoms with E-state index in [1.807, 2.05) is 61.5 Å². The molecule has 0 aliphatic heterocycles. The monoisotopic (exact) mass is 342 g/mol. The minimum absolute atomic E-state index is 0.0438. The Morgan fingerprint density at radius 1 is 1.12 bits per heavy atom. The maximum Gasteiger partial charge on any atom is 0.224 e. The first-order valence-corrected chi connectivity index (χ1v) is 8.47. The highest BCUT2D eigenvalue weighted by molar-refractivity contribution is 5.79. The Hall–Kier alpha value is -2.53. The molecule has 5 heteroatoms. The van der Waals surface area contributed by atoms with Crippen LogP contribution in [0, 0.1) is 5.92 Å². The zero-order valence-electron chi connectivity index (χ0n) is 14.8. The van der Waals surface area contributed by atoms with E-state index in [4.69, 9.17) is 15.2 Å². The number of carbonyl (C=O) groups excluding carboxylic acids is 1. The smallest absolute Gasteiger partial charge is 0.224 e. The second-order valence-corrected chi connectivity index (χ2v) is 5.90. The molecule has 2 aromatic rings. The van der Waals surface area contributed by atoms with Gasteiger partial charge in [0.2, 0.25) is 5.91 Å². The van der Waals surface area contributed by atoms with Crippen LogP contribution in [0.3, 0.4) is 0 Å². The summed E-state index contributed by atoms with van der Waals surface area (Å²) in [4.78, 5) is 12.2. The van der Waals surface area contributed by atoms with Crippen LogP contribution in [0.1, 0.15) is 24.9 Å². The van der Waals surface area contributed by atoms with E-state index in [2.05, 4.69) is 5.32 Å². The number of rotatable bonds is 9. The summed E-state index contributed by atoms with van der Waals surface area (Å²) in [6, 6.07) is 16.8. The van der Waals surface area contributed by atoms with E-state index in [-0.39, 0.29) is 17.9 Å². The Kier molecular flexibility index (Phi) is 7.29. The van der Waals surface area contributed by atoms with Gasteiger partial charge in [-0.25, -0.2) is 0 Å². The fourth-order valence-corrected chi connectivity index (χ4v) is 2.45. The number of ether oxygens (including phenoxy) is 2. The second kappa shape index (κ2) is 9.69. The first kappa shape index (κ1) is 18.8. The summed E-state index contributed by atoms with van der Waals surface area (Å²) in [6.45, 7) is 2.92. The van der Waals surface area contributed by atoms with Crippen molar-refractivity contribution in [3.8, 4) is 11.5 Å². The minimum atomic E-state index is -0.311. The molecule has 5 nitrogen and oxygen atoms in total. The Morgan fingerprint density at radius 3 is 2.56 bits per heavy atom. The molecule has 0 fully saturated rings. The molecule has 0 aliphatic rings. The second-order valence-electron chi connectivity index (χ2n) is 5.90. The number of benzene rings is 2. The SMILES string of the molecule is COc1cccc(OCCCNC(=O)C(C)C(N)c2ccccc2)c1. The maximum atomic E-state index is 12.2. The minimum Gasteiger partial charge on any atom is -0.497 e. The van der Waals surface area contributed by atoms with E-state index in [9.17, 15) is 4.79 Å². The van der Waals surface area contributed by atoms with Crippen molar-refractivity contribution in [3.63, 3.8) is 0 Å². The summed E-state index contributed by atoms with van der Waals surface area (Å²) in [5.74, 6) is 1.18. The number of methoxy groups -OCH3 is 1. The van der Waals surface area contributed by atoms with Crippen LogP contribution in [0.2, 0.25) is 0 Å². The van der Waals surface area contributed by atoms with Crippen molar-refractivity contribution in [2.75, 3.05) is 20.3 Å². The van der Waals surface area contributed by atoms with Crippen LogP contribution in [0.4, 0.5) is 0 Å². The molecule has 0 aliphatic carbocycles. The van der Waals surface area contributed by atoms with Crippen molar-refractivity contribution in [1.82, 2.24) is 5.32 Å². The van der Waals surface area contributed by atoms with Gasteiger partial charge >= 0.3 is 0 Å². The number of nitrogens with two attached hydrogens (primary N) is 1. The van der Waals surface area contributed by atoms with Crippen molar-refractivity contribution in [2.24, 2.45) is 11.7 Å². The van der Waals surface area contributed by atoms with Gasteiger partial charge in [0.1, 0.15) is 11.5 Å². The van der Waals surface area contributed by atoms with Crippen molar-refractivity contribution < 1.29 is 14.3 Å². The maximum absolute atomic E-state index is 12.2. The van der Waals surface area contributed by atoms with E-state index in [0.717, 1.165) is 23.5 Å². The predicted molar refractivity (Wildman–Crippen MR) is 98.7 cm³/mol. The molecule has 2 atom stereocenters. The van der Waals surface area contributed by atoms with Gasteiger partial charge in [0.25, 0.3) is 0 Å². The van der Waals surface area contributed by atoms with E-state index in [1.165, 1.54) is 0 Å². The summed E-state index contributed by atoms with van der Waals surface area (Å²) >= 11 is 0. The molecular formula is C20H26N2O3. The third-order valence-electron chi connectivity index (χ3n) is 4.07. The third kappa shape index (κ3) is 5.80. The number of hydrogen-bond acceptors (Lipinski definition) is 4. The quantitative estimate of drug-likeness (QED) is 0.687. The van der Waals surface area contributed by atoms with Gasteiger partial charge in [-0.1, -0.05) is 43.3 Å². The Labute approximate surface area is 149 Å². The summed E-state index contributed by atoms with van der Waals surface area (Å²) < 4.78 is 10.8. The first-order chi connectivity index (χ1) is 12.1. The van der Waals surface area contributed by atoms with Crippen LogP contribution < -0.4 is 20.5 Å². The molecule has 2 aromatic carbocycles. The fourth-order valence-electron chi connectivity index (χ4n) is 2.45. The fraction of sp³-hybridized carbons (Fsp3) is 0.350. The predicted octanol–water partition coefficient (Wildman–Crippen LogP) is 2.92. The molecule has 0 bridgehead atoms. The van der Waals surface area contributed by atoms with Gasteiger partial charge in [0.15, 0.2) is 0 Å². The summed E-state index contributed by atoms with van der Waals surface area (Å²) in [7, 11) is 1.62. The Balaban J connectivity index is 1.69. The van der Waals surface area contributed by atoms with Crippen LogP contribution in [0.15, 0.2) is 54.6 Å². The van der Waals surface area contributed by atoms with Crippen molar-refractivity contribution in [3.05, 3.63) is 60.2 Å². The average molecular weight is 342 g/mol. The molecule has 25 heavy (non-hydrogen) atoms. The largest absolute Gasteiger partial charge is 0.497 e. The number of nitrogens with one attached hydrogen (secondary N) is 1. The molecule has 0 radical (unpaired) electrons. The number of carbonyl (C=O) groups is 1. The zero-order chi connectivity index (χ0) is 18.1. The van der Waals surface area contributed by atoms with Gasteiger partial charge in [-0.15, -0.1) is 0 Å². The molecule has 0 spiro atoms.